The number of piperidine rings is 1. The van der Waals surface area contributed by atoms with Gasteiger partial charge >= 0.3 is 0 Å². The molecule has 128 valence electrons. The Morgan fingerprint density at radius 2 is 2.35 bits per heavy atom. The number of hydrogen-bond donors (Lipinski definition) is 1. The number of carbonyl (C=O) groups excluding carboxylic acids is 1. The molecule has 6 heteroatoms. The van der Waals surface area contributed by atoms with Crippen molar-refractivity contribution in [1.29, 1.82) is 0 Å². The Kier molecular flexibility index (Phi) is 5.33. The SMILES string of the molecule is CCOCC1CCCN(C(=O)[C@H]2CNC[C@@H]2c2cnn(C)c2)C1. The fourth-order valence-corrected chi connectivity index (χ4v) is 3.84. The second kappa shape index (κ2) is 7.45. The average molecular weight is 320 g/mol. The monoisotopic (exact) mass is 320 g/mol. The lowest BCUT2D eigenvalue weighted by Gasteiger charge is -2.35. The van der Waals surface area contributed by atoms with Crippen LogP contribution in [-0.4, -0.2) is 60.0 Å². The minimum atomic E-state index is 0.0324. The quantitative estimate of drug-likeness (QED) is 0.879. The Bertz CT molecular complexity index is 530. The van der Waals surface area contributed by atoms with Crippen LogP contribution in [0.1, 0.15) is 31.2 Å². The summed E-state index contributed by atoms with van der Waals surface area (Å²) in [5.74, 6) is 1.05. The highest BCUT2D eigenvalue weighted by molar-refractivity contribution is 5.80. The number of nitrogens with one attached hydrogen (secondary N) is 1. The third kappa shape index (κ3) is 3.75. The van der Waals surface area contributed by atoms with Crippen LogP contribution in [0.25, 0.3) is 0 Å². The van der Waals surface area contributed by atoms with Crippen molar-refractivity contribution in [2.24, 2.45) is 18.9 Å². The van der Waals surface area contributed by atoms with Crippen molar-refractivity contribution >= 4 is 5.91 Å². The fourth-order valence-electron chi connectivity index (χ4n) is 3.84. The first-order chi connectivity index (χ1) is 11.2. The Balaban J connectivity index is 1.64. The number of aromatic nitrogens is 2. The number of amides is 1. The Morgan fingerprint density at radius 1 is 1.48 bits per heavy atom. The normalized spacial score (nSPS) is 28.3. The zero-order chi connectivity index (χ0) is 16.2. The summed E-state index contributed by atoms with van der Waals surface area (Å²) in [4.78, 5) is 15.1. The topological polar surface area (TPSA) is 59.4 Å². The van der Waals surface area contributed by atoms with Crippen LogP contribution < -0.4 is 5.32 Å². The van der Waals surface area contributed by atoms with Crippen LogP contribution >= 0.6 is 0 Å². The number of aryl methyl sites for hydroxylation is 1. The minimum absolute atomic E-state index is 0.0324. The van der Waals surface area contributed by atoms with Crippen molar-refractivity contribution in [3.8, 4) is 0 Å². The number of nitrogens with zero attached hydrogens (tertiary/aromatic N) is 3. The van der Waals surface area contributed by atoms with E-state index in [0.717, 1.165) is 45.8 Å². The van der Waals surface area contributed by atoms with Crippen molar-refractivity contribution in [1.82, 2.24) is 20.0 Å². The highest BCUT2D eigenvalue weighted by Crippen LogP contribution is 2.30. The van der Waals surface area contributed by atoms with Gasteiger partial charge in [0.05, 0.1) is 18.7 Å². The summed E-state index contributed by atoms with van der Waals surface area (Å²) in [5, 5.41) is 7.65. The second-order valence-corrected chi connectivity index (χ2v) is 6.77. The molecule has 1 amide bonds. The van der Waals surface area contributed by atoms with E-state index in [1.807, 2.05) is 31.0 Å². The molecule has 0 bridgehead atoms. The van der Waals surface area contributed by atoms with Crippen LogP contribution in [0.3, 0.4) is 0 Å². The zero-order valence-electron chi connectivity index (χ0n) is 14.2. The average Bonchev–Trinajstić information content (AvgIpc) is 3.21. The zero-order valence-corrected chi connectivity index (χ0v) is 14.2. The standard InChI is InChI=1S/C17H28N4O2/c1-3-23-12-13-5-4-6-21(10-13)17(22)16-9-18-8-15(16)14-7-19-20(2)11-14/h7,11,13,15-16,18H,3-6,8-10,12H2,1-2H3/t13?,15-,16+/m1/s1. The van der Waals surface area contributed by atoms with Gasteiger partial charge in [-0.1, -0.05) is 0 Å². The molecule has 3 atom stereocenters. The van der Waals surface area contributed by atoms with E-state index in [0.29, 0.717) is 11.8 Å². The van der Waals surface area contributed by atoms with Crippen LogP contribution in [0.2, 0.25) is 0 Å². The number of ether oxygens (including phenoxy) is 1. The highest BCUT2D eigenvalue weighted by atomic mass is 16.5. The molecule has 0 aromatic carbocycles. The summed E-state index contributed by atoms with van der Waals surface area (Å²) in [6.45, 7) is 6.90. The van der Waals surface area contributed by atoms with E-state index in [2.05, 4.69) is 15.3 Å². The van der Waals surface area contributed by atoms with Crippen molar-refractivity contribution in [3.05, 3.63) is 18.0 Å². The molecule has 0 spiro atoms. The third-order valence-electron chi connectivity index (χ3n) is 5.07. The number of hydrogen-bond acceptors (Lipinski definition) is 4. The molecular formula is C17H28N4O2. The molecule has 1 aromatic rings. The fraction of sp³-hybridized carbons (Fsp3) is 0.765. The third-order valence-corrected chi connectivity index (χ3v) is 5.07. The maximum absolute atomic E-state index is 13.0. The molecule has 0 radical (unpaired) electrons. The number of carbonyl (C=O) groups is 1. The minimum Gasteiger partial charge on any atom is -0.381 e. The molecule has 1 N–H and O–H groups in total. The second-order valence-electron chi connectivity index (χ2n) is 6.77. The maximum atomic E-state index is 13.0. The van der Waals surface area contributed by atoms with Gasteiger partial charge < -0.3 is 15.0 Å². The lowest BCUT2D eigenvalue weighted by Crippen LogP contribution is -2.45. The van der Waals surface area contributed by atoms with E-state index in [-0.39, 0.29) is 11.8 Å². The van der Waals surface area contributed by atoms with Crippen LogP contribution in [0.15, 0.2) is 12.4 Å². The maximum Gasteiger partial charge on any atom is 0.227 e. The summed E-state index contributed by atoms with van der Waals surface area (Å²) in [7, 11) is 1.92. The largest absolute Gasteiger partial charge is 0.381 e. The molecule has 1 unspecified atom stereocenters. The molecule has 6 nitrogen and oxygen atoms in total. The Labute approximate surface area is 138 Å². The molecule has 2 saturated heterocycles. The summed E-state index contributed by atoms with van der Waals surface area (Å²) < 4.78 is 7.37. The van der Waals surface area contributed by atoms with Crippen LogP contribution in [-0.2, 0) is 16.6 Å². The Morgan fingerprint density at radius 3 is 3.09 bits per heavy atom. The molecule has 0 saturated carbocycles. The number of rotatable bonds is 5. The first-order valence-corrected chi connectivity index (χ1v) is 8.74. The van der Waals surface area contributed by atoms with Crippen LogP contribution in [0.5, 0.6) is 0 Å². The highest BCUT2D eigenvalue weighted by Gasteiger charge is 2.38. The molecule has 0 aliphatic carbocycles. The van der Waals surface area contributed by atoms with Gasteiger partial charge in [-0.05, 0) is 31.2 Å². The first-order valence-electron chi connectivity index (χ1n) is 8.74. The molecule has 1 aromatic heterocycles. The van der Waals surface area contributed by atoms with Crippen molar-refractivity contribution in [2.75, 3.05) is 39.4 Å². The van der Waals surface area contributed by atoms with Gasteiger partial charge in [-0.3, -0.25) is 9.48 Å². The summed E-state index contributed by atoms with van der Waals surface area (Å²) in [6.07, 6.45) is 6.18. The lowest BCUT2D eigenvalue weighted by molar-refractivity contribution is -0.137. The molecule has 2 aliphatic rings. The molecule has 2 fully saturated rings. The van der Waals surface area contributed by atoms with Crippen molar-refractivity contribution in [2.45, 2.75) is 25.7 Å². The predicted octanol–water partition coefficient (Wildman–Crippen LogP) is 0.998. The first kappa shape index (κ1) is 16.5. The van der Waals surface area contributed by atoms with Gasteiger partial charge in [0.25, 0.3) is 0 Å². The van der Waals surface area contributed by atoms with Gasteiger partial charge in [-0.2, -0.15) is 5.10 Å². The molecule has 23 heavy (non-hydrogen) atoms. The van der Waals surface area contributed by atoms with Gasteiger partial charge in [0, 0.05) is 51.9 Å². The summed E-state index contributed by atoms with van der Waals surface area (Å²) in [5.41, 5.74) is 1.17. The van der Waals surface area contributed by atoms with Gasteiger partial charge in [-0.25, -0.2) is 0 Å². The predicted molar refractivity (Wildman–Crippen MR) is 88.1 cm³/mol. The summed E-state index contributed by atoms with van der Waals surface area (Å²) >= 11 is 0. The van der Waals surface area contributed by atoms with E-state index < -0.39 is 0 Å². The smallest absolute Gasteiger partial charge is 0.227 e. The summed E-state index contributed by atoms with van der Waals surface area (Å²) in [6, 6.07) is 0. The van der Waals surface area contributed by atoms with Crippen LogP contribution in [0, 0.1) is 11.8 Å². The van der Waals surface area contributed by atoms with E-state index >= 15 is 0 Å². The van der Waals surface area contributed by atoms with Gasteiger partial charge in [-0.15, -0.1) is 0 Å². The van der Waals surface area contributed by atoms with Crippen molar-refractivity contribution in [3.63, 3.8) is 0 Å². The van der Waals surface area contributed by atoms with Gasteiger partial charge in [0.2, 0.25) is 5.91 Å². The Hall–Kier alpha value is -1.40. The number of likely N-dealkylation sites (tertiary alicyclic amines) is 1. The van der Waals surface area contributed by atoms with E-state index in [9.17, 15) is 4.79 Å². The van der Waals surface area contributed by atoms with Crippen LogP contribution in [0.4, 0.5) is 0 Å². The molecule has 3 rings (SSSR count). The van der Waals surface area contributed by atoms with Gasteiger partial charge in [0.15, 0.2) is 0 Å². The molecule has 2 aliphatic heterocycles. The lowest BCUT2D eigenvalue weighted by atomic mass is 9.88. The van der Waals surface area contributed by atoms with Gasteiger partial charge in [0.1, 0.15) is 0 Å². The van der Waals surface area contributed by atoms with Crippen molar-refractivity contribution < 1.29 is 9.53 Å². The molecule has 3 heterocycles. The molecular weight excluding hydrogens is 292 g/mol. The van der Waals surface area contributed by atoms with E-state index in [4.69, 9.17) is 4.74 Å². The van der Waals surface area contributed by atoms with E-state index in [1.54, 1.807) is 0 Å². The van der Waals surface area contributed by atoms with E-state index in [1.165, 1.54) is 12.0 Å².